The highest BCUT2D eigenvalue weighted by molar-refractivity contribution is 7.18. The molecule has 0 fully saturated rings. The predicted molar refractivity (Wildman–Crippen MR) is 81.3 cm³/mol. The van der Waals surface area contributed by atoms with Crippen LogP contribution in [0.5, 0.6) is 0 Å². The van der Waals surface area contributed by atoms with Gasteiger partial charge >= 0.3 is 0 Å². The van der Waals surface area contributed by atoms with Crippen LogP contribution in [-0.4, -0.2) is 4.98 Å². The summed E-state index contributed by atoms with van der Waals surface area (Å²) in [5, 5.41) is 13.2. The van der Waals surface area contributed by atoms with Gasteiger partial charge in [-0.3, -0.25) is 0 Å². The molecular weight excluding hydrogens is 266 g/mol. The molecule has 0 aliphatic carbocycles. The maximum absolute atomic E-state index is 8.75. The van der Waals surface area contributed by atoms with Gasteiger partial charge in [-0.1, -0.05) is 24.3 Å². The number of nitrogens with zero attached hydrogens (tertiary/aromatic N) is 2. The summed E-state index contributed by atoms with van der Waals surface area (Å²) in [6.45, 7) is 1.54. The number of rotatable bonds is 4. The summed E-state index contributed by atoms with van der Waals surface area (Å²) in [6.07, 6.45) is 0. The first-order valence-electron chi connectivity index (χ1n) is 6.39. The number of hydrogen-bond donors (Lipinski definition) is 1. The van der Waals surface area contributed by atoms with E-state index in [9.17, 15) is 0 Å². The van der Waals surface area contributed by atoms with Gasteiger partial charge in [-0.2, -0.15) is 5.26 Å². The topological polar surface area (TPSA) is 48.7 Å². The van der Waals surface area contributed by atoms with Crippen molar-refractivity contribution in [3.05, 3.63) is 64.7 Å². The van der Waals surface area contributed by atoms with Crippen LogP contribution in [0.25, 0.3) is 10.2 Å². The minimum atomic E-state index is 0.694. The fraction of sp³-hybridized carbons (Fsp3) is 0.125. The van der Waals surface area contributed by atoms with E-state index < -0.39 is 0 Å². The van der Waals surface area contributed by atoms with Crippen LogP contribution in [0.2, 0.25) is 0 Å². The second-order valence-corrected chi connectivity index (χ2v) is 5.60. The van der Waals surface area contributed by atoms with Crippen molar-refractivity contribution < 1.29 is 0 Å². The Hall–Kier alpha value is -2.22. The molecule has 0 radical (unpaired) electrons. The molecule has 0 unspecified atom stereocenters. The normalized spacial score (nSPS) is 10.6. The Labute approximate surface area is 121 Å². The quantitative estimate of drug-likeness (QED) is 0.795. The zero-order chi connectivity index (χ0) is 13.8. The molecule has 98 valence electrons. The summed E-state index contributed by atoms with van der Waals surface area (Å²) in [5.41, 5.74) is 2.93. The Morgan fingerprint density at radius 3 is 2.60 bits per heavy atom. The van der Waals surface area contributed by atoms with Crippen molar-refractivity contribution in [2.24, 2.45) is 0 Å². The van der Waals surface area contributed by atoms with Crippen molar-refractivity contribution in [2.75, 3.05) is 0 Å². The zero-order valence-electron chi connectivity index (χ0n) is 10.8. The summed E-state index contributed by atoms with van der Waals surface area (Å²) >= 11 is 1.72. The molecule has 0 aliphatic heterocycles. The molecule has 1 heterocycles. The van der Waals surface area contributed by atoms with E-state index in [4.69, 9.17) is 5.26 Å². The van der Waals surface area contributed by atoms with Crippen molar-refractivity contribution in [1.82, 2.24) is 10.3 Å². The maximum atomic E-state index is 8.75. The zero-order valence-corrected chi connectivity index (χ0v) is 11.7. The number of benzene rings is 2. The number of nitriles is 1. The summed E-state index contributed by atoms with van der Waals surface area (Å²) in [4.78, 5) is 4.58. The molecule has 0 spiro atoms. The van der Waals surface area contributed by atoms with Gasteiger partial charge < -0.3 is 5.32 Å². The van der Waals surface area contributed by atoms with Gasteiger partial charge in [0.25, 0.3) is 0 Å². The first kappa shape index (κ1) is 12.8. The van der Waals surface area contributed by atoms with Gasteiger partial charge in [0.05, 0.1) is 21.8 Å². The van der Waals surface area contributed by atoms with Crippen LogP contribution in [0.15, 0.2) is 48.5 Å². The van der Waals surface area contributed by atoms with E-state index in [1.165, 1.54) is 10.3 Å². The molecule has 0 atom stereocenters. The fourth-order valence-corrected chi connectivity index (χ4v) is 2.94. The van der Waals surface area contributed by atoms with Gasteiger partial charge in [0, 0.05) is 13.1 Å². The van der Waals surface area contributed by atoms with Crippen LogP contribution < -0.4 is 5.32 Å². The molecule has 1 N–H and O–H groups in total. The monoisotopic (exact) mass is 279 g/mol. The lowest BCUT2D eigenvalue weighted by Crippen LogP contribution is -2.12. The van der Waals surface area contributed by atoms with Gasteiger partial charge in [0.2, 0.25) is 0 Å². The molecule has 1 aromatic heterocycles. The smallest absolute Gasteiger partial charge is 0.108 e. The molecule has 0 aliphatic rings. The highest BCUT2D eigenvalue weighted by atomic mass is 32.1. The first-order chi connectivity index (χ1) is 9.85. The van der Waals surface area contributed by atoms with E-state index in [0.29, 0.717) is 5.56 Å². The van der Waals surface area contributed by atoms with E-state index >= 15 is 0 Å². The van der Waals surface area contributed by atoms with Crippen molar-refractivity contribution >= 4 is 21.6 Å². The molecule has 3 rings (SSSR count). The van der Waals surface area contributed by atoms with Gasteiger partial charge in [-0.15, -0.1) is 11.3 Å². The first-order valence-corrected chi connectivity index (χ1v) is 7.21. The molecule has 0 saturated heterocycles. The lowest BCUT2D eigenvalue weighted by molar-refractivity contribution is 0.691. The van der Waals surface area contributed by atoms with E-state index in [1.807, 2.05) is 42.5 Å². The summed E-state index contributed by atoms with van der Waals surface area (Å²) in [5.74, 6) is 0. The minimum absolute atomic E-state index is 0.694. The molecule has 0 saturated carbocycles. The van der Waals surface area contributed by atoms with Gasteiger partial charge in [-0.05, 0) is 29.8 Å². The Morgan fingerprint density at radius 1 is 1.05 bits per heavy atom. The third-order valence-electron chi connectivity index (χ3n) is 3.03. The summed E-state index contributed by atoms with van der Waals surface area (Å²) < 4.78 is 1.22. The summed E-state index contributed by atoms with van der Waals surface area (Å²) in [6, 6.07) is 17.9. The highest BCUT2D eigenvalue weighted by Crippen LogP contribution is 2.21. The fourth-order valence-electron chi connectivity index (χ4n) is 2.01. The Morgan fingerprint density at radius 2 is 1.85 bits per heavy atom. The van der Waals surface area contributed by atoms with Crippen LogP contribution in [-0.2, 0) is 13.1 Å². The predicted octanol–water partition coefficient (Wildman–Crippen LogP) is 3.46. The second-order valence-electron chi connectivity index (χ2n) is 4.49. The van der Waals surface area contributed by atoms with E-state index in [-0.39, 0.29) is 0 Å². The molecule has 20 heavy (non-hydrogen) atoms. The molecule has 4 heteroatoms. The third kappa shape index (κ3) is 2.85. The standard InChI is InChI=1S/C16H13N3S/c17-9-12-5-7-13(8-6-12)10-18-11-16-19-14-3-1-2-4-15(14)20-16/h1-8,18H,10-11H2. The van der Waals surface area contributed by atoms with Gasteiger partial charge in [0.15, 0.2) is 0 Å². The number of nitrogens with one attached hydrogen (secondary N) is 1. The van der Waals surface area contributed by atoms with Gasteiger partial charge in [0.1, 0.15) is 5.01 Å². The number of fused-ring (bicyclic) bond motifs is 1. The number of aromatic nitrogens is 1. The lowest BCUT2D eigenvalue weighted by atomic mass is 10.1. The SMILES string of the molecule is N#Cc1ccc(CNCc2nc3ccccc3s2)cc1. The van der Waals surface area contributed by atoms with Crippen LogP contribution in [0, 0.1) is 11.3 Å². The molecule has 2 aromatic carbocycles. The molecule has 3 aromatic rings. The number of thiazole rings is 1. The van der Waals surface area contributed by atoms with Crippen molar-refractivity contribution in [3.63, 3.8) is 0 Å². The van der Waals surface area contributed by atoms with E-state index in [0.717, 1.165) is 23.6 Å². The molecular formula is C16H13N3S. The number of para-hydroxylation sites is 1. The van der Waals surface area contributed by atoms with Crippen molar-refractivity contribution in [3.8, 4) is 6.07 Å². The van der Waals surface area contributed by atoms with Crippen molar-refractivity contribution in [2.45, 2.75) is 13.1 Å². The van der Waals surface area contributed by atoms with Crippen LogP contribution in [0.4, 0.5) is 0 Å². The largest absolute Gasteiger partial charge is 0.306 e. The average Bonchev–Trinajstić information content (AvgIpc) is 2.90. The Balaban J connectivity index is 1.60. The second kappa shape index (κ2) is 5.83. The average molecular weight is 279 g/mol. The molecule has 3 nitrogen and oxygen atoms in total. The highest BCUT2D eigenvalue weighted by Gasteiger charge is 2.02. The van der Waals surface area contributed by atoms with Crippen molar-refractivity contribution in [1.29, 1.82) is 5.26 Å². The molecule has 0 bridgehead atoms. The van der Waals surface area contributed by atoms with Crippen LogP contribution >= 0.6 is 11.3 Å². The van der Waals surface area contributed by atoms with E-state index in [2.05, 4.69) is 22.4 Å². The Bertz CT molecular complexity index is 720. The minimum Gasteiger partial charge on any atom is -0.306 e. The number of hydrogen-bond acceptors (Lipinski definition) is 4. The Kier molecular flexibility index (Phi) is 3.73. The summed E-state index contributed by atoms with van der Waals surface area (Å²) in [7, 11) is 0. The third-order valence-corrected chi connectivity index (χ3v) is 4.06. The van der Waals surface area contributed by atoms with Gasteiger partial charge in [-0.25, -0.2) is 4.98 Å². The van der Waals surface area contributed by atoms with Crippen LogP contribution in [0.3, 0.4) is 0 Å². The maximum Gasteiger partial charge on any atom is 0.108 e. The van der Waals surface area contributed by atoms with Crippen LogP contribution in [0.1, 0.15) is 16.1 Å². The van der Waals surface area contributed by atoms with E-state index in [1.54, 1.807) is 11.3 Å². The lowest BCUT2D eigenvalue weighted by Gasteiger charge is -2.02. The molecule has 0 amide bonds.